The number of benzene rings is 2. The number of carboxylic acid groups (broad SMARTS) is 1. The van der Waals surface area contributed by atoms with Crippen molar-refractivity contribution in [1.29, 1.82) is 0 Å². The fourth-order valence-electron chi connectivity index (χ4n) is 3.30. The Labute approximate surface area is 156 Å². The fraction of sp³-hybridized carbons (Fsp3) is 0.333. The van der Waals surface area contributed by atoms with E-state index >= 15 is 0 Å². The number of hydrogen-bond donors (Lipinski definition) is 3. The molecule has 1 saturated heterocycles. The molecule has 0 unspecified atom stereocenters. The molecule has 1 fully saturated rings. The third-order valence-corrected chi connectivity index (χ3v) is 5.28. The highest BCUT2D eigenvalue weighted by Crippen LogP contribution is 2.34. The maximum Gasteiger partial charge on any atom is 0.306 e. The summed E-state index contributed by atoms with van der Waals surface area (Å²) in [6.07, 6.45) is 1.78. The Balaban J connectivity index is 1.91. The topological polar surface area (TPSA) is 124 Å². The van der Waals surface area contributed by atoms with E-state index < -0.39 is 21.9 Å². The minimum atomic E-state index is -3.49. The molecule has 9 heteroatoms. The number of carbonyl (C=O) groups is 2. The van der Waals surface area contributed by atoms with Crippen molar-refractivity contribution in [3.8, 4) is 5.75 Å². The van der Waals surface area contributed by atoms with Crippen LogP contribution in [0.3, 0.4) is 0 Å². The number of nitrogens with zero attached hydrogens (tertiary/aromatic N) is 1. The van der Waals surface area contributed by atoms with E-state index in [9.17, 15) is 23.1 Å². The van der Waals surface area contributed by atoms with Gasteiger partial charge in [-0.3, -0.25) is 14.3 Å². The second kappa shape index (κ2) is 7.07. The molecule has 8 nitrogen and oxygen atoms in total. The van der Waals surface area contributed by atoms with Gasteiger partial charge in [-0.05, 0) is 25.0 Å². The summed E-state index contributed by atoms with van der Waals surface area (Å²) in [4.78, 5) is 25.3. The fourth-order valence-corrected chi connectivity index (χ4v) is 3.88. The first-order valence-corrected chi connectivity index (χ1v) is 10.3. The molecule has 0 spiro atoms. The van der Waals surface area contributed by atoms with Gasteiger partial charge in [-0.15, -0.1) is 0 Å². The number of carboxylic acids is 1. The number of likely N-dealkylation sites (tertiary alicyclic amines) is 1. The lowest BCUT2D eigenvalue weighted by Crippen LogP contribution is -2.40. The SMILES string of the molecule is CS(=O)(=O)Nc1cccc2c(O)c(C(=O)N3CCC(C(=O)O)CC3)ccc12. The number of anilines is 1. The van der Waals surface area contributed by atoms with Crippen LogP contribution in [0, 0.1) is 5.92 Å². The highest BCUT2D eigenvalue weighted by Gasteiger charge is 2.29. The molecule has 144 valence electrons. The Morgan fingerprint density at radius 2 is 1.78 bits per heavy atom. The molecule has 0 aromatic heterocycles. The summed E-state index contributed by atoms with van der Waals surface area (Å²) in [6.45, 7) is 0.617. The predicted molar refractivity (Wildman–Crippen MR) is 100 cm³/mol. The maximum absolute atomic E-state index is 12.8. The number of rotatable bonds is 4. The molecule has 0 saturated carbocycles. The zero-order chi connectivity index (χ0) is 19.8. The van der Waals surface area contributed by atoms with Gasteiger partial charge in [-0.1, -0.05) is 18.2 Å². The summed E-state index contributed by atoms with van der Waals surface area (Å²) in [5.74, 6) is -1.92. The molecule has 0 bridgehead atoms. The van der Waals surface area contributed by atoms with E-state index in [0.29, 0.717) is 42.4 Å². The van der Waals surface area contributed by atoms with Gasteiger partial charge in [0.15, 0.2) is 0 Å². The molecule has 1 aliphatic rings. The lowest BCUT2D eigenvalue weighted by molar-refractivity contribution is -0.143. The molecule has 27 heavy (non-hydrogen) atoms. The van der Waals surface area contributed by atoms with Crippen LogP contribution in [-0.4, -0.2) is 54.8 Å². The van der Waals surface area contributed by atoms with Crippen molar-refractivity contribution in [2.24, 2.45) is 5.92 Å². The minimum absolute atomic E-state index is 0.104. The average molecular weight is 392 g/mol. The first-order valence-electron chi connectivity index (χ1n) is 8.42. The van der Waals surface area contributed by atoms with Gasteiger partial charge in [0.05, 0.1) is 23.4 Å². The summed E-state index contributed by atoms with van der Waals surface area (Å²) in [7, 11) is -3.49. The third-order valence-electron chi connectivity index (χ3n) is 4.69. The number of nitrogens with one attached hydrogen (secondary N) is 1. The van der Waals surface area contributed by atoms with Crippen LogP contribution in [0.2, 0.25) is 0 Å². The van der Waals surface area contributed by atoms with Gasteiger partial charge in [-0.25, -0.2) is 8.42 Å². The number of aromatic hydroxyl groups is 1. The maximum atomic E-state index is 12.8. The number of hydrogen-bond acceptors (Lipinski definition) is 5. The lowest BCUT2D eigenvalue weighted by Gasteiger charge is -2.30. The molecular formula is C18H20N2O6S. The summed E-state index contributed by atoms with van der Waals surface area (Å²) < 4.78 is 25.4. The molecule has 1 heterocycles. The molecule has 2 aromatic rings. The quantitative estimate of drug-likeness (QED) is 0.729. The molecule has 2 aromatic carbocycles. The van der Waals surface area contributed by atoms with Gasteiger partial charge >= 0.3 is 5.97 Å². The molecule has 0 atom stereocenters. The van der Waals surface area contributed by atoms with Crippen LogP contribution < -0.4 is 4.72 Å². The van der Waals surface area contributed by atoms with Gasteiger partial charge in [-0.2, -0.15) is 0 Å². The number of amides is 1. The van der Waals surface area contributed by atoms with Gasteiger partial charge in [0.1, 0.15) is 5.75 Å². The van der Waals surface area contributed by atoms with Crippen molar-refractivity contribution in [3.05, 3.63) is 35.9 Å². The van der Waals surface area contributed by atoms with Gasteiger partial charge in [0.2, 0.25) is 10.0 Å². The Bertz CT molecular complexity index is 1010. The number of sulfonamides is 1. The number of aliphatic carboxylic acids is 1. The Hall–Kier alpha value is -2.81. The molecule has 3 rings (SSSR count). The predicted octanol–water partition coefficient (Wildman–Crippen LogP) is 1.85. The normalized spacial score (nSPS) is 15.7. The van der Waals surface area contributed by atoms with Crippen LogP contribution in [0.5, 0.6) is 5.75 Å². The summed E-state index contributed by atoms with van der Waals surface area (Å²) in [5.41, 5.74) is 0.416. The van der Waals surface area contributed by atoms with Crippen LogP contribution in [0.25, 0.3) is 10.8 Å². The van der Waals surface area contributed by atoms with E-state index in [4.69, 9.17) is 5.11 Å². The van der Waals surface area contributed by atoms with Crippen molar-refractivity contribution in [1.82, 2.24) is 4.90 Å². The second-order valence-corrected chi connectivity index (χ2v) is 8.39. The van der Waals surface area contributed by atoms with Crippen LogP contribution in [0.15, 0.2) is 30.3 Å². The Kier molecular flexibility index (Phi) is 4.97. The van der Waals surface area contributed by atoms with E-state index in [-0.39, 0.29) is 17.2 Å². The molecular weight excluding hydrogens is 372 g/mol. The second-order valence-electron chi connectivity index (χ2n) is 6.64. The highest BCUT2D eigenvalue weighted by molar-refractivity contribution is 7.92. The Morgan fingerprint density at radius 3 is 2.37 bits per heavy atom. The van der Waals surface area contributed by atoms with Crippen LogP contribution in [0.1, 0.15) is 23.2 Å². The number of phenolic OH excluding ortho intramolecular Hbond substituents is 1. The van der Waals surface area contributed by atoms with Crippen LogP contribution >= 0.6 is 0 Å². The molecule has 0 aliphatic carbocycles. The van der Waals surface area contributed by atoms with Gasteiger partial charge in [0, 0.05) is 23.9 Å². The Morgan fingerprint density at radius 1 is 1.11 bits per heavy atom. The van der Waals surface area contributed by atoms with Crippen molar-refractivity contribution < 1.29 is 28.2 Å². The number of carbonyl (C=O) groups excluding carboxylic acids is 1. The number of phenols is 1. The van der Waals surface area contributed by atoms with Crippen molar-refractivity contribution in [2.75, 3.05) is 24.1 Å². The van der Waals surface area contributed by atoms with E-state index in [0.717, 1.165) is 6.26 Å². The van der Waals surface area contributed by atoms with Crippen LogP contribution in [-0.2, 0) is 14.8 Å². The highest BCUT2D eigenvalue weighted by atomic mass is 32.2. The van der Waals surface area contributed by atoms with Crippen molar-refractivity contribution >= 4 is 38.4 Å². The molecule has 0 radical (unpaired) electrons. The largest absolute Gasteiger partial charge is 0.506 e. The van der Waals surface area contributed by atoms with Gasteiger partial charge in [0.25, 0.3) is 5.91 Å². The van der Waals surface area contributed by atoms with E-state index in [1.807, 2.05) is 0 Å². The van der Waals surface area contributed by atoms with Crippen molar-refractivity contribution in [3.63, 3.8) is 0 Å². The standard InChI is InChI=1S/C18H20N2O6S/c1-27(25,26)19-15-4-2-3-13-12(15)5-6-14(16(13)21)17(22)20-9-7-11(8-10-20)18(23)24/h2-6,11,19,21H,7-10H2,1H3,(H,23,24). The lowest BCUT2D eigenvalue weighted by atomic mass is 9.96. The van der Waals surface area contributed by atoms with Gasteiger partial charge < -0.3 is 15.1 Å². The zero-order valence-electron chi connectivity index (χ0n) is 14.7. The number of fused-ring (bicyclic) bond motifs is 1. The molecule has 1 amide bonds. The van der Waals surface area contributed by atoms with E-state index in [2.05, 4.69) is 4.72 Å². The summed E-state index contributed by atoms with van der Waals surface area (Å²) in [6, 6.07) is 7.80. The number of piperidine rings is 1. The molecule has 1 aliphatic heterocycles. The van der Waals surface area contributed by atoms with E-state index in [1.54, 1.807) is 24.3 Å². The van der Waals surface area contributed by atoms with Crippen molar-refractivity contribution in [2.45, 2.75) is 12.8 Å². The van der Waals surface area contributed by atoms with Crippen LogP contribution in [0.4, 0.5) is 5.69 Å². The first-order chi connectivity index (χ1) is 12.7. The smallest absolute Gasteiger partial charge is 0.306 e. The third kappa shape index (κ3) is 3.97. The molecule has 3 N–H and O–H groups in total. The minimum Gasteiger partial charge on any atom is -0.506 e. The summed E-state index contributed by atoms with van der Waals surface area (Å²) in [5, 5.41) is 20.5. The zero-order valence-corrected chi connectivity index (χ0v) is 15.5. The monoisotopic (exact) mass is 392 g/mol. The summed E-state index contributed by atoms with van der Waals surface area (Å²) >= 11 is 0. The average Bonchev–Trinajstić information content (AvgIpc) is 2.61. The first kappa shape index (κ1) is 19.0. The van der Waals surface area contributed by atoms with E-state index in [1.165, 1.54) is 11.0 Å².